The van der Waals surface area contributed by atoms with Crippen LogP contribution in [0.2, 0.25) is 0 Å². The zero-order valence-electron chi connectivity index (χ0n) is 23.0. The maximum absolute atomic E-state index is 12.1. The van der Waals surface area contributed by atoms with Gasteiger partial charge in [-0.25, -0.2) is 15.0 Å². The Balaban J connectivity index is 1.27. The van der Waals surface area contributed by atoms with Gasteiger partial charge in [-0.05, 0) is 50.7 Å². The summed E-state index contributed by atoms with van der Waals surface area (Å²) in [5.74, 6) is 1.84. The van der Waals surface area contributed by atoms with E-state index in [1.165, 1.54) is 10.8 Å². The smallest absolute Gasteiger partial charge is 0.248 e. The second-order valence-electron chi connectivity index (χ2n) is 10.6. The number of aromatic nitrogens is 4. The van der Waals surface area contributed by atoms with E-state index in [-0.39, 0.29) is 5.56 Å². The van der Waals surface area contributed by atoms with Gasteiger partial charge in [-0.1, -0.05) is 115 Å². The third-order valence-electron chi connectivity index (χ3n) is 7.86. The minimum absolute atomic E-state index is 0.121. The van der Waals surface area contributed by atoms with E-state index < -0.39 is 0 Å². The highest BCUT2D eigenvalue weighted by Gasteiger charge is 2.14. The number of hydrogen-bond acceptors (Lipinski definition) is 4. The normalized spacial score (nSPS) is 11.3. The molecule has 8 aromatic rings. The molecule has 0 aliphatic heterocycles. The number of rotatable bonds is 4. The van der Waals surface area contributed by atoms with Crippen LogP contribution in [-0.2, 0) is 0 Å². The number of fused-ring (bicyclic) bond motifs is 3. The van der Waals surface area contributed by atoms with Crippen LogP contribution in [0.15, 0.2) is 144 Å². The highest BCUT2D eigenvalue weighted by molar-refractivity contribution is 5.94. The molecule has 43 heavy (non-hydrogen) atoms. The van der Waals surface area contributed by atoms with Crippen LogP contribution in [0.3, 0.4) is 0 Å². The molecule has 2 heterocycles. The van der Waals surface area contributed by atoms with Crippen LogP contribution in [-0.4, -0.2) is 19.9 Å². The van der Waals surface area contributed by atoms with E-state index in [0.717, 1.165) is 49.5 Å². The lowest BCUT2D eigenvalue weighted by atomic mass is 10.0. The topological polar surface area (TPSA) is 71.5 Å². The third kappa shape index (κ3) is 4.63. The molecule has 0 aliphatic carbocycles. The molecule has 1 N–H and O–H groups in total. The molecule has 0 unspecified atom stereocenters. The lowest BCUT2D eigenvalue weighted by molar-refractivity contribution is 1.08. The lowest BCUT2D eigenvalue weighted by Crippen LogP contribution is -2.03. The largest absolute Gasteiger partial charge is 0.321 e. The van der Waals surface area contributed by atoms with Crippen molar-refractivity contribution in [2.75, 3.05) is 0 Å². The van der Waals surface area contributed by atoms with Crippen LogP contribution in [0.1, 0.15) is 0 Å². The van der Waals surface area contributed by atoms with Crippen LogP contribution in [0, 0.1) is 0 Å². The predicted octanol–water partition coefficient (Wildman–Crippen LogP) is 8.69. The number of benzene rings is 6. The average molecular weight is 553 g/mol. The van der Waals surface area contributed by atoms with Gasteiger partial charge in [0.2, 0.25) is 5.56 Å². The van der Waals surface area contributed by atoms with Crippen molar-refractivity contribution < 1.29 is 0 Å². The summed E-state index contributed by atoms with van der Waals surface area (Å²) in [5.41, 5.74) is 5.40. The van der Waals surface area contributed by atoms with E-state index in [9.17, 15) is 4.79 Å². The Bertz CT molecular complexity index is 2280. The van der Waals surface area contributed by atoms with E-state index in [1.807, 2.05) is 72.8 Å². The van der Waals surface area contributed by atoms with Gasteiger partial charge in [0.25, 0.3) is 0 Å². The van der Waals surface area contributed by atoms with Crippen molar-refractivity contribution in [1.82, 2.24) is 19.9 Å². The van der Waals surface area contributed by atoms with Gasteiger partial charge in [-0.2, -0.15) is 0 Å². The number of H-pyrrole nitrogens is 1. The molecule has 202 valence electrons. The van der Waals surface area contributed by atoms with Crippen molar-refractivity contribution in [3.8, 4) is 45.3 Å². The summed E-state index contributed by atoms with van der Waals surface area (Å²) < 4.78 is 0. The van der Waals surface area contributed by atoms with Crippen LogP contribution in [0.5, 0.6) is 0 Å². The van der Waals surface area contributed by atoms with Crippen molar-refractivity contribution >= 4 is 32.4 Å². The second-order valence-corrected chi connectivity index (χ2v) is 10.6. The maximum Gasteiger partial charge on any atom is 0.248 e. The van der Waals surface area contributed by atoms with Gasteiger partial charge in [-0.15, -0.1) is 0 Å². The molecule has 0 atom stereocenters. The highest BCUT2D eigenvalue weighted by atomic mass is 16.1. The standard InChI is InChI=1S/C38H24N4O/c43-34-21-20-27-10-5-11-33(35(27)39-34)26-14-16-28(17-15-26)36-40-37(31-18-12-24-6-1-3-8-29(24)22-31)42-38(41-36)32-19-13-25-7-2-4-9-30(25)23-32/h1-23H,(H,39,43). The first-order chi connectivity index (χ1) is 21.2. The first-order valence-corrected chi connectivity index (χ1v) is 14.2. The Morgan fingerprint density at radius 1 is 0.395 bits per heavy atom. The Morgan fingerprint density at radius 2 is 0.860 bits per heavy atom. The Morgan fingerprint density at radius 3 is 1.47 bits per heavy atom. The van der Waals surface area contributed by atoms with Gasteiger partial charge in [0.1, 0.15) is 0 Å². The minimum Gasteiger partial charge on any atom is -0.321 e. The monoisotopic (exact) mass is 552 g/mol. The molecule has 5 heteroatoms. The Labute approximate surface area is 247 Å². The van der Waals surface area contributed by atoms with Crippen molar-refractivity contribution in [1.29, 1.82) is 0 Å². The number of pyridine rings is 1. The summed E-state index contributed by atoms with van der Waals surface area (Å²) in [5, 5.41) is 5.58. The van der Waals surface area contributed by atoms with E-state index in [2.05, 4.69) is 65.6 Å². The predicted molar refractivity (Wildman–Crippen MR) is 175 cm³/mol. The quantitative estimate of drug-likeness (QED) is 0.237. The molecule has 8 rings (SSSR count). The first-order valence-electron chi connectivity index (χ1n) is 14.2. The zero-order chi connectivity index (χ0) is 28.8. The molecule has 0 bridgehead atoms. The summed E-state index contributed by atoms with van der Waals surface area (Å²) in [6, 6.07) is 46.7. The van der Waals surface area contributed by atoms with Crippen molar-refractivity contribution in [3.05, 3.63) is 150 Å². The van der Waals surface area contributed by atoms with Crippen LogP contribution >= 0.6 is 0 Å². The van der Waals surface area contributed by atoms with Crippen LogP contribution in [0.25, 0.3) is 77.7 Å². The lowest BCUT2D eigenvalue weighted by Gasteiger charge is -2.11. The van der Waals surface area contributed by atoms with Gasteiger partial charge in [0, 0.05) is 28.3 Å². The third-order valence-corrected chi connectivity index (χ3v) is 7.86. The second kappa shape index (κ2) is 10.2. The SMILES string of the molecule is O=c1ccc2cccc(-c3ccc(-c4nc(-c5ccc6ccccc6c5)nc(-c5ccc6ccccc6c5)n4)cc3)c2[nH]1. The maximum atomic E-state index is 12.1. The fourth-order valence-corrected chi connectivity index (χ4v) is 5.64. The summed E-state index contributed by atoms with van der Waals surface area (Å²) in [6.07, 6.45) is 0. The van der Waals surface area contributed by atoms with E-state index in [0.29, 0.717) is 17.5 Å². The average Bonchev–Trinajstić information content (AvgIpc) is 3.07. The molecule has 2 aromatic heterocycles. The Hall–Kier alpha value is -5.94. The molecule has 0 fully saturated rings. The number of hydrogen-bond donors (Lipinski definition) is 1. The molecule has 0 spiro atoms. The van der Waals surface area contributed by atoms with Crippen LogP contribution in [0.4, 0.5) is 0 Å². The Kier molecular flexibility index (Phi) is 5.86. The number of nitrogens with one attached hydrogen (secondary N) is 1. The molecule has 0 amide bonds. The summed E-state index contributed by atoms with van der Waals surface area (Å²) in [7, 11) is 0. The molecular formula is C38H24N4O. The number of nitrogens with zero attached hydrogens (tertiary/aromatic N) is 3. The molecule has 0 saturated heterocycles. The van der Waals surface area contributed by atoms with Crippen molar-refractivity contribution in [2.24, 2.45) is 0 Å². The summed E-state index contributed by atoms with van der Waals surface area (Å²) >= 11 is 0. The first kappa shape index (κ1) is 24.8. The van der Waals surface area contributed by atoms with Crippen molar-refractivity contribution in [3.63, 3.8) is 0 Å². The van der Waals surface area contributed by atoms with Gasteiger partial charge < -0.3 is 4.98 Å². The fourth-order valence-electron chi connectivity index (χ4n) is 5.64. The highest BCUT2D eigenvalue weighted by Crippen LogP contribution is 2.31. The molecule has 0 saturated carbocycles. The summed E-state index contributed by atoms with van der Waals surface area (Å²) in [4.78, 5) is 30.0. The molecular weight excluding hydrogens is 528 g/mol. The molecule has 6 aromatic carbocycles. The van der Waals surface area contributed by atoms with Crippen molar-refractivity contribution in [2.45, 2.75) is 0 Å². The molecule has 5 nitrogen and oxygen atoms in total. The number of aromatic amines is 1. The van der Waals surface area contributed by atoms with Gasteiger partial charge in [-0.3, -0.25) is 4.79 Å². The minimum atomic E-state index is -0.121. The fraction of sp³-hybridized carbons (Fsp3) is 0. The van der Waals surface area contributed by atoms with E-state index in [4.69, 9.17) is 15.0 Å². The van der Waals surface area contributed by atoms with E-state index in [1.54, 1.807) is 6.07 Å². The zero-order valence-corrected chi connectivity index (χ0v) is 23.0. The van der Waals surface area contributed by atoms with Crippen LogP contribution < -0.4 is 5.56 Å². The molecule has 0 radical (unpaired) electrons. The van der Waals surface area contributed by atoms with Gasteiger partial charge >= 0.3 is 0 Å². The number of para-hydroxylation sites is 1. The molecule has 0 aliphatic rings. The summed E-state index contributed by atoms with van der Waals surface area (Å²) in [6.45, 7) is 0. The van der Waals surface area contributed by atoms with Gasteiger partial charge in [0.05, 0.1) is 5.52 Å². The van der Waals surface area contributed by atoms with E-state index >= 15 is 0 Å². The van der Waals surface area contributed by atoms with Gasteiger partial charge in [0.15, 0.2) is 17.5 Å².